The number of imide groups is 1. The fourth-order valence-electron chi connectivity index (χ4n) is 5.94. The van der Waals surface area contributed by atoms with E-state index in [1.165, 1.54) is 35.1 Å². The lowest BCUT2D eigenvalue weighted by Crippen LogP contribution is -2.35. The van der Waals surface area contributed by atoms with E-state index < -0.39 is 5.92 Å². The number of rotatable bonds is 6. The number of hydrogen-bond acceptors (Lipinski definition) is 2. The summed E-state index contributed by atoms with van der Waals surface area (Å²) in [5.41, 5.74) is 3.94. The number of unbranched alkanes of at least 4 members (excludes halogenated alkanes) is 3. The van der Waals surface area contributed by atoms with Gasteiger partial charge in [-0.1, -0.05) is 75.9 Å². The summed E-state index contributed by atoms with van der Waals surface area (Å²) in [6.45, 7) is 4.47. The molecule has 4 atom stereocenters. The van der Waals surface area contributed by atoms with Crippen molar-refractivity contribution >= 4 is 28.4 Å². The number of amides is 2. The zero-order chi connectivity index (χ0) is 21.5. The normalized spacial score (nSPS) is 25.2. The van der Waals surface area contributed by atoms with Crippen LogP contribution in [0.1, 0.15) is 69.0 Å². The number of fused-ring (bicyclic) bond motifs is 5. The predicted molar refractivity (Wildman–Crippen MR) is 124 cm³/mol. The molecule has 0 spiro atoms. The third-order valence-electron chi connectivity index (χ3n) is 7.40. The summed E-state index contributed by atoms with van der Waals surface area (Å²) in [6.07, 6.45) is 5.69. The number of carbonyl (C=O) groups is 2. The quantitative estimate of drug-likeness (QED) is 0.389. The smallest absolute Gasteiger partial charge is 0.243 e. The summed E-state index contributed by atoms with van der Waals surface area (Å²) < 4.78 is 0. The maximum atomic E-state index is 13.7. The van der Waals surface area contributed by atoms with Crippen molar-refractivity contribution < 1.29 is 9.59 Å². The first-order valence-electron chi connectivity index (χ1n) is 11.7. The average molecular weight is 415 g/mol. The molecule has 160 valence electrons. The minimum Gasteiger partial charge on any atom is -0.357 e. The molecule has 0 unspecified atom stereocenters. The van der Waals surface area contributed by atoms with Crippen LogP contribution in [-0.4, -0.2) is 16.8 Å². The van der Waals surface area contributed by atoms with Gasteiger partial charge >= 0.3 is 0 Å². The number of carbonyl (C=O) groups excluding carboxylic acids is 2. The molecule has 5 rings (SSSR count). The second-order valence-corrected chi connectivity index (χ2v) is 9.15. The van der Waals surface area contributed by atoms with Crippen LogP contribution in [0, 0.1) is 11.8 Å². The van der Waals surface area contributed by atoms with Crippen molar-refractivity contribution in [3.05, 3.63) is 65.9 Å². The van der Waals surface area contributed by atoms with Crippen LogP contribution in [0.25, 0.3) is 10.9 Å². The summed E-state index contributed by atoms with van der Waals surface area (Å²) in [5, 5.41) is 1.19. The van der Waals surface area contributed by atoms with Gasteiger partial charge in [0.05, 0.1) is 17.5 Å². The van der Waals surface area contributed by atoms with E-state index in [0.29, 0.717) is 5.69 Å². The van der Waals surface area contributed by atoms with Crippen LogP contribution in [0.15, 0.2) is 54.6 Å². The zero-order valence-corrected chi connectivity index (χ0v) is 18.3. The molecule has 2 aliphatic rings. The molecule has 31 heavy (non-hydrogen) atoms. The Morgan fingerprint density at radius 1 is 0.903 bits per heavy atom. The Labute approximate surface area is 183 Å². The van der Waals surface area contributed by atoms with Crippen molar-refractivity contribution in [1.82, 2.24) is 4.98 Å². The molecule has 0 saturated carbocycles. The van der Waals surface area contributed by atoms with Crippen LogP contribution in [0.5, 0.6) is 0 Å². The number of nitrogens with zero attached hydrogens (tertiary/aromatic N) is 1. The highest BCUT2D eigenvalue weighted by Crippen LogP contribution is 2.54. The number of benzene rings is 2. The molecule has 3 aromatic rings. The second-order valence-electron chi connectivity index (χ2n) is 9.15. The van der Waals surface area contributed by atoms with E-state index in [9.17, 15) is 9.59 Å². The number of para-hydroxylation sites is 2. The first kappa shape index (κ1) is 20.0. The third-order valence-corrected chi connectivity index (χ3v) is 7.40. The van der Waals surface area contributed by atoms with Gasteiger partial charge in [0.1, 0.15) is 0 Å². The highest BCUT2D eigenvalue weighted by Gasteiger charge is 2.57. The number of hydrogen-bond donors (Lipinski definition) is 1. The van der Waals surface area contributed by atoms with E-state index in [0.717, 1.165) is 24.1 Å². The topological polar surface area (TPSA) is 53.2 Å². The van der Waals surface area contributed by atoms with E-state index in [2.05, 4.69) is 37.0 Å². The molecule has 0 bridgehead atoms. The van der Waals surface area contributed by atoms with Gasteiger partial charge < -0.3 is 4.98 Å². The lowest BCUT2D eigenvalue weighted by molar-refractivity contribution is -0.123. The molecular formula is C27H30N2O2. The van der Waals surface area contributed by atoms with E-state index in [1.807, 2.05) is 36.4 Å². The summed E-state index contributed by atoms with van der Waals surface area (Å²) in [4.78, 5) is 32.4. The SMILES string of the molecule is CCCCCC[C@H]1[C@H]2C(=O)N(c3ccccc3)C(=O)[C@H]2c2[nH]c3ccccc3c2[C@H]1C. The molecule has 2 heterocycles. The second kappa shape index (κ2) is 7.99. The largest absolute Gasteiger partial charge is 0.357 e. The maximum Gasteiger partial charge on any atom is 0.243 e. The Morgan fingerprint density at radius 3 is 2.42 bits per heavy atom. The van der Waals surface area contributed by atoms with Crippen molar-refractivity contribution in [2.24, 2.45) is 11.8 Å². The highest BCUT2D eigenvalue weighted by molar-refractivity contribution is 6.24. The van der Waals surface area contributed by atoms with Crippen molar-refractivity contribution in [3.8, 4) is 0 Å². The van der Waals surface area contributed by atoms with E-state index >= 15 is 0 Å². The van der Waals surface area contributed by atoms with Crippen molar-refractivity contribution in [3.63, 3.8) is 0 Å². The van der Waals surface area contributed by atoms with Crippen LogP contribution in [0.2, 0.25) is 0 Å². The van der Waals surface area contributed by atoms with Crippen molar-refractivity contribution in [1.29, 1.82) is 0 Å². The van der Waals surface area contributed by atoms with E-state index in [1.54, 1.807) is 0 Å². The molecule has 1 aliphatic heterocycles. The summed E-state index contributed by atoms with van der Waals surface area (Å²) in [7, 11) is 0. The van der Waals surface area contributed by atoms with Crippen LogP contribution < -0.4 is 4.90 Å². The van der Waals surface area contributed by atoms with Crippen LogP contribution >= 0.6 is 0 Å². The Balaban J connectivity index is 1.62. The number of H-pyrrole nitrogens is 1. The van der Waals surface area contributed by atoms with Gasteiger partial charge in [-0.05, 0) is 42.0 Å². The minimum absolute atomic E-state index is 0.0298. The Morgan fingerprint density at radius 2 is 1.65 bits per heavy atom. The van der Waals surface area contributed by atoms with Gasteiger partial charge in [0.15, 0.2) is 0 Å². The number of anilines is 1. The zero-order valence-electron chi connectivity index (χ0n) is 18.3. The third kappa shape index (κ3) is 3.12. The number of aromatic nitrogens is 1. The molecule has 0 radical (unpaired) electrons. The summed E-state index contributed by atoms with van der Waals surface area (Å²) in [6, 6.07) is 17.7. The van der Waals surface area contributed by atoms with Crippen LogP contribution in [0.3, 0.4) is 0 Å². The minimum atomic E-state index is -0.414. The monoisotopic (exact) mass is 414 g/mol. The number of aromatic amines is 1. The first-order valence-corrected chi connectivity index (χ1v) is 11.7. The van der Waals surface area contributed by atoms with Crippen LogP contribution in [0.4, 0.5) is 5.69 Å². The fraction of sp³-hybridized carbons (Fsp3) is 0.407. The van der Waals surface area contributed by atoms with E-state index in [-0.39, 0.29) is 29.6 Å². The van der Waals surface area contributed by atoms with Gasteiger partial charge in [0.25, 0.3) is 0 Å². The Bertz CT molecular complexity index is 1120. The molecule has 1 saturated heterocycles. The molecule has 1 aliphatic carbocycles. The summed E-state index contributed by atoms with van der Waals surface area (Å²) >= 11 is 0. The van der Waals surface area contributed by atoms with E-state index in [4.69, 9.17) is 0 Å². The van der Waals surface area contributed by atoms with Gasteiger partial charge in [0.2, 0.25) is 11.8 Å². The fourth-order valence-corrected chi connectivity index (χ4v) is 5.94. The predicted octanol–water partition coefficient (Wildman–Crippen LogP) is 6.14. The molecule has 1 fully saturated rings. The molecule has 2 aromatic carbocycles. The molecular weight excluding hydrogens is 384 g/mol. The first-order chi connectivity index (χ1) is 15.1. The maximum absolute atomic E-state index is 13.7. The molecule has 1 aromatic heterocycles. The lowest BCUT2D eigenvalue weighted by Gasteiger charge is -2.36. The van der Waals surface area contributed by atoms with Crippen LogP contribution in [-0.2, 0) is 9.59 Å². The van der Waals surface area contributed by atoms with Gasteiger partial charge in [-0.3, -0.25) is 9.59 Å². The average Bonchev–Trinajstić information content (AvgIpc) is 3.29. The molecule has 2 amide bonds. The number of nitrogens with one attached hydrogen (secondary N) is 1. The summed E-state index contributed by atoms with van der Waals surface area (Å²) in [5.74, 6) is -0.398. The highest BCUT2D eigenvalue weighted by atomic mass is 16.2. The Kier molecular flexibility index (Phi) is 5.17. The van der Waals surface area contributed by atoms with Gasteiger partial charge in [-0.25, -0.2) is 4.90 Å². The molecule has 4 heteroatoms. The van der Waals surface area contributed by atoms with Gasteiger partial charge in [0, 0.05) is 16.6 Å². The molecule has 1 N–H and O–H groups in total. The standard InChI is InChI=1S/C27H30N2O2/c1-3-4-5-9-14-19-17(2)22-20-15-10-11-16-21(20)28-25(22)24-23(19)26(30)29(27(24)31)18-12-7-6-8-13-18/h6-8,10-13,15-17,19,23-24,28H,3-5,9,14H2,1-2H3/t17-,19+,23+,24+/m0/s1. The van der Waals surface area contributed by atoms with Crippen molar-refractivity contribution in [2.45, 2.75) is 57.8 Å². The van der Waals surface area contributed by atoms with Gasteiger partial charge in [-0.15, -0.1) is 0 Å². The van der Waals surface area contributed by atoms with Gasteiger partial charge in [-0.2, -0.15) is 0 Å². The molecule has 4 nitrogen and oxygen atoms in total. The van der Waals surface area contributed by atoms with Crippen molar-refractivity contribution in [2.75, 3.05) is 4.90 Å². The Hall–Kier alpha value is -2.88. The lowest BCUT2D eigenvalue weighted by atomic mass is 9.65.